The number of aromatic nitrogens is 2. The highest BCUT2D eigenvalue weighted by atomic mass is 16.5. The normalized spacial score (nSPS) is 22.2. The summed E-state index contributed by atoms with van der Waals surface area (Å²) in [6.45, 7) is 8.81. The van der Waals surface area contributed by atoms with E-state index in [0.29, 0.717) is 5.91 Å². The van der Waals surface area contributed by atoms with Crippen molar-refractivity contribution in [2.45, 2.75) is 39.0 Å². The van der Waals surface area contributed by atoms with Crippen LogP contribution in [0.3, 0.4) is 0 Å². The molecule has 1 aromatic heterocycles. The Morgan fingerprint density at radius 3 is 2.37 bits per heavy atom. The molecule has 27 heavy (non-hydrogen) atoms. The van der Waals surface area contributed by atoms with Gasteiger partial charge in [0, 0.05) is 70.2 Å². The van der Waals surface area contributed by atoms with Crippen LogP contribution in [0.1, 0.15) is 37.8 Å². The van der Waals surface area contributed by atoms with Gasteiger partial charge < -0.3 is 19.4 Å². The van der Waals surface area contributed by atoms with Crippen LogP contribution in [0.25, 0.3) is 0 Å². The molecule has 1 aromatic rings. The summed E-state index contributed by atoms with van der Waals surface area (Å²) in [5.41, 5.74) is 1.02. The molecule has 1 amide bonds. The second-order valence-electron chi connectivity index (χ2n) is 7.91. The predicted molar refractivity (Wildman–Crippen MR) is 105 cm³/mol. The van der Waals surface area contributed by atoms with Crippen molar-refractivity contribution in [3.05, 3.63) is 11.8 Å². The van der Waals surface area contributed by atoms with E-state index < -0.39 is 0 Å². The number of hydrogen-bond acceptors (Lipinski definition) is 6. The average molecular weight is 374 g/mol. The Balaban J connectivity index is 1.39. The Morgan fingerprint density at radius 2 is 1.67 bits per heavy atom. The van der Waals surface area contributed by atoms with Crippen LogP contribution in [-0.2, 0) is 9.53 Å². The third kappa shape index (κ3) is 4.34. The minimum absolute atomic E-state index is 0.150. The predicted octanol–water partition coefficient (Wildman–Crippen LogP) is 1.85. The molecule has 3 aliphatic rings. The number of amides is 1. The smallest absolute Gasteiger partial charge is 0.227 e. The Morgan fingerprint density at radius 1 is 0.963 bits per heavy atom. The van der Waals surface area contributed by atoms with Gasteiger partial charge in [-0.3, -0.25) is 4.79 Å². The van der Waals surface area contributed by atoms with E-state index in [1.807, 2.05) is 11.8 Å². The van der Waals surface area contributed by atoms with E-state index in [9.17, 15) is 4.79 Å². The molecular formula is C20H31N5O2. The summed E-state index contributed by atoms with van der Waals surface area (Å²) in [4.78, 5) is 28.9. The lowest BCUT2D eigenvalue weighted by atomic mass is 9.98. The largest absolute Gasteiger partial charge is 0.381 e. The van der Waals surface area contributed by atoms with E-state index in [1.54, 1.807) is 0 Å². The topological polar surface area (TPSA) is 61.8 Å². The van der Waals surface area contributed by atoms with Gasteiger partial charge in [-0.1, -0.05) is 0 Å². The molecular weight excluding hydrogens is 342 g/mol. The van der Waals surface area contributed by atoms with Crippen molar-refractivity contribution in [3.8, 4) is 0 Å². The number of piperidine rings is 1. The highest BCUT2D eigenvalue weighted by Gasteiger charge is 2.29. The summed E-state index contributed by atoms with van der Waals surface area (Å²) >= 11 is 0. The van der Waals surface area contributed by atoms with Gasteiger partial charge in [-0.25, -0.2) is 4.98 Å². The molecule has 4 heterocycles. The monoisotopic (exact) mass is 373 g/mol. The Bertz CT molecular complexity index is 648. The molecule has 0 saturated carbocycles. The van der Waals surface area contributed by atoms with E-state index in [1.165, 1.54) is 19.3 Å². The summed E-state index contributed by atoms with van der Waals surface area (Å²) in [5.74, 6) is 2.33. The third-order valence-electron chi connectivity index (χ3n) is 5.95. The van der Waals surface area contributed by atoms with E-state index >= 15 is 0 Å². The maximum absolute atomic E-state index is 12.7. The van der Waals surface area contributed by atoms with Crippen LogP contribution in [0.15, 0.2) is 6.07 Å². The first-order valence-corrected chi connectivity index (χ1v) is 10.4. The van der Waals surface area contributed by atoms with E-state index in [-0.39, 0.29) is 5.92 Å². The van der Waals surface area contributed by atoms with Gasteiger partial charge in [-0.2, -0.15) is 4.98 Å². The van der Waals surface area contributed by atoms with Gasteiger partial charge in [0.2, 0.25) is 11.9 Å². The van der Waals surface area contributed by atoms with E-state index in [2.05, 4.69) is 20.9 Å². The summed E-state index contributed by atoms with van der Waals surface area (Å²) in [6, 6.07) is 2.07. The van der Waals surface area contributed by atoms with Crippen molar-refractivity contribution >= 4 is 17.7 Å². The Hall–Kier alpha value is -1.89. The summed E-state index contributed by atoms with van der Waals surface area (Å²) < 4.78 is 5.39. The fourth-order valence-corrected chi connectivity index (χ4v) is 4.29. The van der Waals surface area contributed by atoms with Gasteiger partial charge in [0.15, 0.2) is 0 Å². The molecule has 3 aliphatic heterocycles. The van der Waals surface area contributed by atoms with Crippen LogP contribution < -0.4 is 9.80 Å². The van der Waals surface area contributed by atoms with Gasteiger partial charge in [-0.15, -0.1) is 0 Å². The Labute approximate surface area is 161 Å². The summed E-state index contributed by atoms with van der Waals surface area (Å²) in [7, 11) is 0. The molecule has 0 bridgehead atoms. The summed E-state index contributed by atoms with van der Waals surface area (Å²) in [6.07, 6.45) is 5.48. The molecule has 0 spiro atoms. The molecule has 0 aromatic carbocycles. The molecule has 0 aliphatic carbocycles. The van der Waals surface area contributed by atoms with Crippen molar-refractivity contribution < 1.29 is 9.53 Å². The van der Waals surface area contributed by atoms with Gasteiger partial charge in [-0.05, 0) is 39.0 Å². The average Bonchev–Trinajstić information content (AvgIpc) is 2.74. The molecule has 0 unspecified atom stereocenters. The fourth-order valence-electron chi connectivity index (χ4n) is 4.29. The number of aryl methyl sites for hydroxylation is 1. The number of carbonyl (C=O) groups excluding carboxylic acids is 1. The van der Waals surface area contributed by atoms with Gasteiger partial charge in [0.25, 0.3) is 0 Å². The van der Waals surface area contributed by atoms with Crippen molar-refractivity contribution in [1.29, 1.82) is 0 Å². The van der Waals surface area contributed by atoms with Crippen LogP contribution in [0.4, 0.5) is 11.8 Å². The fraction of sp³-hybridized carbons (Fsp3) is 0.750. The highest BCUT2D eigenvalue weighted by molar-refractivity contribution is 5.79. The number of hydrogen-bond donors (Lipinski definition) is 0. The number of anilines is 2. The highest BCUT2D eigenvalue weighted by Crippen LogP contribution is 2.23. The van der Waals surface area contributed by atoms with Crippen molar-refractivity contribution in [3.63, 3.8) is 0 Å². The number of rotatable bonds is 3. The number of ether oxygens (including phenoxy) is 1. The minimum Gasteiger partial charge on any atom is -0.381 e. The zero-order chi connectivity index (χ0) is 18.6. The molecule has 0 radical (unpaired) electrons. The second-order valence-corrected chi connectivity index (χ2v) is 7.91. The lowest BCUT2D eigenvalue weighted by Gasteiger charge is -2.38. The van der Waals surface area contributed by atoms with Crippen molar-refractivity contribution in [2.24, 2.45) is 5.92 Å². The Kier molecular flexibility index (Phi) is 5.76. The molecule has 148 valence electrons. The van der Waals surface area contributed by atoms with Crippen LogP contribution in [0, 0.1) is 12.8 Å². The molecule has 7 heteroatoms. The van der Waals surface area contributed by atoms with E-state index in [4.69, 9.17) is 9.72 Å². The van der Waals surface area contributed by atoms with E-state index in [0.717, 1.165) is 82.8 Å². The number of nitrogens with zero attached hydrogens (tertiary/aromatic N) is 5. The van der Waals surface area contributed by atoms with Gasteiger partial charge in [0.1, 0.15) is 5.82 Å². The van der Waals surface area contributed by atoms with Crippen LogP contribution >= 0.6 is 0 Å². The molecule has 0 atom stereocenters. The molecule has 3 saturated heterocycles. The maximum atomic E-state index is 12.7. The quantitative estimate of drug-likeness (QED) is 0.806. The second kappa shape index (κ2) is 8.42. The molecule has 7 nitrogen and oxygen atoms in total. The lowest BCUT2D eigenvalue weighted by molar-refractivity contribution is -0.138. The van der Waals surface area contributed by atoms with Crippen molar-refractivity contribution in [1.82, 2.24) is 14.9 Å². The zero-order valence-corrected chi connectivity index (χ0v) is 16.4. The number of carbonyl (C=O) groups is 1. The zero-order valence-electron chi connectivity index (χ0n) is 16.4. The van der Waals surface area contributed by atoms with Gasteiger partial charge >= 0.3 is 0 Å². The van der Waals surface area contributed by atoms with Crippen LogP contribution in [0.2, 0.25) is 0 Å². The van der Waals surface area contributed by atoms with Crippen LogP contribution in [0.5, 0.6) is 0 Å². The van der Waals surface area contributed by atoms with Gasteiger partial charge in [0.05, 0.1) is 0 Å². The molecule has 4 rings (SSSR count). The maximum Gasteiger partial charge on any atom is 0.227 e. The summed E-state index contributed by atoms with van der Waals surface area (Å²) in [5, 5.41) is 0. The first-order chi connectivity index (χ1) is 13.2. The first kappa shape index (κ1) is 18.5. The lowest BCUT2D eigenvalue weighted by Crippen LogP contribution is -2.51. The molecule has 0 N–H and O–H groups in total. The SMILES string of the molecule is Cc1cc(N2CCN(C(=O)C3CCOCC3)CC2)nc(N2CCCCC2)n1. The standard InChI is InChI=1S/C20H31N5O2/c1-16-15-18(22-20(21-16)25-7-3-2-4-8-25)23-9-11-24(12-10-23)19(26)17-5-13-27-14-6-17/h15,17H,2-14H2,1H3. The first-order valence-electron chi connectivity index (χ1n) is 10.4. The minimum atomic E-state index is 0.150. The van der Waals surface area contributed by atoms with Crippen LogP contribution in [-0.4, -0.2) is 73.3 Å². The van der Waals surface area contributed by atoms with Crippen molar-refractivity contribution in [2.75, 3.05) is 62.3 Å². The third-order valence-corrected chi connectivity index (χ3v) is 5.95. The number of piperazine rings is 1. The molecule has 3 fully saturated rings.